The summed E-state index contributed by atoms with van der Waals surface area (Å²) in [5.74, 6) is 0.845. The van der Waals surface area contributed by atoms with E-state index in [2.05, 4.69) is 9.98 Å². The van der Waals surface area contributed by atoms with Crippen LogP contribution in [0.1, 0.15) is 15.9 Å². The Bertz CT molecular complexity index is 529. The van der Waals surface area contributed by atoms with E-state index in [9.17, 15) is 4.79 Å². The van der Waals surface area contributed by atoms with Crippen LogP contribution in [0.2, 0.25) is 0 Å². The lowest BCUT2D eigenvalue weighted by Gasteiger charge is -2.13. The second-order valence-electron chi connectivity index (χ2n) is 3.50. The Morgan fingerprint density at radius 2 is 2.33 bits per heavy atom. The lowest BCUT2D eigenvalue weighted by Crippen LogP contribution is -2.17. The number of ether oxygens (including phenoxy) is 1. The Morgan fingerprint density at radius 3 is 3.20 bits per heavy atom. The summed E-state index contributed by atoms with van der Waals surface area (Å²) in [5, 5.41) is 0. The van der Waals surface area contributed by atoms with Gasteiger partial charge in [0.25, 0.3) is 0 Å². The van der Waals surface area contributed by atoms with E-state index < -0.39 is 0 Å². The van der Waals surface area contributed by atoms with Gasteiger partial charge in [0.1, 0.15) is 6.61 Å². The molecule has 74 valence electrons. The van der Waals surface area contributed by atoms with Crippen LogP contribution in [0.3, 0.4) is 0 Å². The van der Waals surface area contributed by atoms with E-state index in [4.69, 9.17) is 4.74 Å². The van der Waals surface area contributed by atoms with E-state index in [-0.39, 0.29) is 5.78 Å². The normalized spacial score (nSPS) is 17.5. The van der Waals surface area contributed by atoms with Gasteiger partial charge in [0.15, 0.2) is 5.82 Å². The predicted molar refractivity (Wildman–Crippen MR) is 54.4 cm³/mol. The van der Waals surface area contributed by atoms with Crippen LogP contribution in [-0.4, -0.2) is 23.3 Å². The Labute approximate surface area is 86.3 Å². The van der Waals surface area contributed by atoms with Crippen LogP contribution in [-0.2, 0) is 4.74 Å². The number of carbonyl (C=O) groups is 1. The van der Waals surface area contributed by atoms with Crippen molar-refractivity contribution in [2.75, 3.05) is 6.61 Å². The lowest BCUT2D eigenvalue weighted by molar-refractivity contribution is 0.103. The maximum Gasteiger partial charge on any atom is 0.226 e. The molecule has 0 saturated carbocycles. The van der Waals surface area contributed by atoms with Gasteiger partial charge in [-0.1, -0.05) is 0 Å². The zero-order chi connectivity index (χ0) is 10.4. The summed E-state index contributed by atoms with van der Waals surface area (Å²) in [4.78, 5) is 20.3. The molecule has 1 aromatic heterocycles. The molecule has 2 aliphatic rings. The maximum absolute atomic E-state index is 12.0. The van der Waals surface area contributed by atoms with Crippen molar-refractivity contribution in [1.82, 2.24) is 4.98 Å². The largest absolute Gasteiger partial charge is 0.473 e. The van der Waals surface area contributed by atoms with Crippen molar-refractivity contribution in [3.63, 3.8) is 0 Å². The summed E-state index contributed by atoms with van der Waals surface area (Å²) in [6.45, 7) is 2.31. The highest BCUT2D eigenvalue weighted by molar-refractivity contribution is 6.30. The number of hydrogen-bond acceptors (Lipinski definition) is 4. The van der Waals surface area contributed by atoms with Crippen LogP contribution in [0, 0.1) is 6.92 Å². The fourth-order valence-electron chi connectivity index (χ4n) is 1.79. The zero-order valence-electron chi connectivity index (χ0n) is 8.15. The minimum absolute atomic E-state index is 0.0295. The first-order valence-electron chi connectivity index (χ1n) is 4.69. The van der Waals surface area contributed by atoms with E-state index >= 15 is 0 Å². The minimum atomic E-state index is -0.0295. The molecule has 3 heterocycles. The Morgan fingerprint density at radius 1 is 1.47 bits per heavy atom. The second-order valence-corrected chi connectivity index (χ2v) is 3.50. The van der Waals surface area contributed by atoms with Gasteiger partial charge in [-0.05, 0) is 24.6 Å². The number of nitrogens with zero attached hydrogens (tertiary/aromatic N) is 2. The minimum Gasteiger partial charge on any atom is -0.473 e. The number of Topliss-reactive ketones (excluding diaryl/α,β-unsaturated/α-hetero) is 1. The topological polar surface area (TPSA) is 51.5 Å². The number of ketones is 1. The standard InChI is InChI=1S/C11H8N2O2/c1-6-2-4-12-10-8(6)9(14)7-3-5-15-11(7)13-10/h2-4H,5H2,1H3. The molecule has 0 fully saturated rings. The van der Waals surface area contributed by atoms with Crippen molar-refractivity contribution in [3.05, 3.63) is 35.0 Å². The zero-order valence-corrected chi connectivity index (χ0v) is 8.15. The molecule has 3 rings (SSSR count). The van der Waals surface area contributed by atoms with Gasteiger partial charge in [0.05, 0.1) is 11.1 Å². The molecular formula is C11H8N2O2. The number of pyridine rings is 1. The average Bonchev–Trinajstić information content (AvgIpc) is 2.66. The molecule has 1 aromatic rings. The SMILES string of the molecule is Cc1ccnc2c1C(=O)C1=CCOC1=N2. The molecule has 0 aliphatic carbocycles. The van der Waals surface area contributed by atoms with E-state index in [0.717, 1.165) is 5.56 Å². The van der Waals surface area contributed by atoms with E-state index in [1.165, 1.54) is 0 Å². The summed E-state index contributed by atoms with van der Waals surface area (Å²) in [7, 11) is 0. The molecule has 0 saturated heterocycles. The van der Waals surface area contributed by atoms with Gasteiger partial charge in [-0.2, -0.15) is 4.99 Å². The molecule has 0 atom stereocenters. The fraction of sp³-hybridized carbons (Fsp3) is 0.182. The van der Waals surface area contributed by atoms with Crippen LogP contribution < -0.4 is 0 Å². The van der Waals surface area contributed by atoms with Crippen LogP contribution in [0.5, 0.6) is 0 Å². The van der Waals surface area contributed by atoms with Crippen LogP contribution in [0.25, 0.3) is 0 Å². The van der Waals surface area contributed by atoms with Crippen LogP contribution in [0.15, 0.2) is 28.9 Å². The molecule has 0 unspecified atom stereocenters. The number of aliphatic imine (C=N–C) groups is 1. The molecule has 0 aromatic carbocycles. The molecule has 0 N–H and O–H groups in total. The molecule has 0 spiro atoms. The fourth-order valence-corrected chi connectivity index (χ4v) is 1.79. The van der Waals surface area contributed by atoms with Gasteiger partial charge in [0, 0.05) is 6.20 Å². The lowest BCUT2D eigenvalue weighted by atomic mass is 9.98. The quantitative estimate of drug-likeness (QED) is 0.638. The highest BCUT2D eigenvalue weighted by Gasteiger charge is 2.31. The average molecular weight is 200 g/mol. The molecular weight excluding hydrogens is 192 g/mol. The van der Waals surface area contributed by atoms with E-state index in [0.29, 0.717) is 29.5 Å². The van der Waals surface area contributed by atoms with Crippen molar-refractivity contribution >= 4 is 17.5 Å². The summed E-state index contributed by atoms with van der Waals surface area (Å²) in [5.41, 5.74) is 2.07. The summed E-state index contributed by atoms with van der Waals surface area (Å²) < 4.78 is 5.22. The molecule has 2 aliphatic heterocycles. The molecule has 0 amide bonds. The summed E-state index contributed by atoms with van der Waals surface area (Å²) in [6.07, 6.45) is 3.41. The number of aryl methyl sites for hydroxylation is 1. The molecule has 15 heavy (non-hydrogen) atoms. The highest BCUT2D eigenvalue weighted by atomic mass is 16.5. The molecule has 0 bridgehead atoms. The predicted octanol–water partition coefficient (Wildman–Crippen LogP) is 1.57. The smallest absolute Gasteiger partial charge is 0.226 e. The van der Waals surface area contributed by atoms with Gasteiger partial charge in [-0.15, -0.1) is 0 Å². The number of fused-ring (bicyclic) bond motifs is 2. The maximum atomic E-state index is 12.0. The number of aromatic nitrogens is 1. The first-order chi connectivity index (χ1) is 7.27. The molecule has 4 heteroatoms. The van der Waals surface area contributed by atoms with Crippen LogP contribution >= 0.6 is 0 Å². The van der Waals surface area contributed by atoms with Crippen LogP contribution in [0.4, 0.5) is 5.82 Å². The van der Waals surface area contributed by atoms with E-state index in [1.54, 1.807) is 12.3 Å². The van der Waals surface area contributed by atoms with Gasteiger partial charge in [-0.25, -0.2) is 4.98 Å². The second kappa shape index (κ2) is 2.76. The number of rotatable bonds is 0. The van der Waals surface area contributed by atoms with Gasteiger partial charge in [-0.3, -0.25) is 4.79 Å². The Balaban J connectivity index is 2.31. The van der Waals surface area contributed by atoms with Gasteiger partial charge >= 0.3 is 0 Å². The van der Waals surface area contributed by atoms with Gasteiger partial charge in [0.2, 0.25) is 11.7 Å². The third kappa shape index (κ3) is 1.05. The van der Waals surface area contributed by atoms with Crippen molar-refractivity contribution in [1.29, 1.82) is 0 Å². The Kier molecular flexibility index (Phi) is 1.54. The third-order valence-electron chi connectivity index (χ3n) is 2.56. The molecule has 0 radical (unpaired) electrons. The number of hydrogen-bond donors (Lipinski definition) is 0. The first kappa shape index (κ1) is 8.35. The van der Waals surface area contributed by atoms with Crippen molar-refractivity contribution in [2.24, 2.45) is 4.99 Å². The van der Waals surface area contributed by atoms with Crippen molar-refractivity contribution < 1.29 is 9.53 Å². The van der Waals surface area contributed by atoms with Crippen molar-refractivity contribution in [3.8, 4) is 0 Å². The highest BCUT2D eigenvalue weighted by Crippen LogP contribution is 2.30. The van der Waals surface area contributed by atoms with Crippen molar-refractivity contribution in [2.45, 2.75) is 6.92 Å². The summed E-state index contributed by atoms with van der Waals surface area (Å²) >= 11 is 0. The number of carbonyl (C=O) groups excluding carboxylic acids is 1. The first-order valence-corrected chi connectivity index (χ1v) is 4.69. The Hall–Kier alpha value is -1.97. The third-order valence-corrected chi connectivity index (χ3v) is 2.56. The van der Waals surface area contributed by atoms with E-state index in [1.807, 2.05) is 13.0 Å². The molecule has 4 nitrogen and oxygen atoms in total. The van der Waals surface area contributed by atoms with Gasteiger partial charge < -0.3 is 4.74 Å². The monoisotopic (exact) mass is 200 g/mol. The summed E-state index contributed by atoms with van der Waals surface area (Å²) in [6, 6.07) is 1.81.